The van der Waals surface area contributed by atoms with Gasteiger partial charge < -0.3 is 5.32 Å². The molecular weight excluding hydrogens is 267 g/mol. The van der Waals surface area contributed by atoms with E-state index in [1.54, 1.807) is 12.1 Å². The van der Waals surface area contributed by atoms with Crippen molar-refractivity contribution in [2.24, 2.45) is 0 Å². The van der Waals surface area contributed by atoms with Crippen molar-refractivity contribution in [1.29, 1.82) is 0 Å². The summed E-state index contributed by atoms with van der Waals surface area (Å²) in [6.45, 7) is 1.44. The average Bonchev–Trinajstić information content (AvgIpc) is 2.47. The van der Waals surface area contributed by atoms with Gasteiger partial charge in [0.15, 0.2) is 0 Å². The number of hydrogen-bond acceptors (Lipinski definition) is 2. The molecule has 21 heavy (non-hydrogen) atoms. The first-order chi connectivity index (χ1) is 10.1. The van der Waals surface area contributed by atoms with E-state index in [4.69, 9.17) is 0 Å². The van der Waals surface area contributed by atoms with E-state index in [1.165, 1.54) is 19.1 Å². The summed E-state index contributed by atoms with van der Waals surface area (Å²) in [5.74, 6) is -0.518. The number of amides is 1. The summed E-state index contributed by atoms with van der Waals surface area (Å²) >= 11 is 0. The number of fused-ring (bicyclic) bond motifs is 1. The standard InChI is InChI=1S/C17H13FN2O/c1-11(21)19-16-10-13-9-14(18)7-8-15(13)20-17(16)12-5-3-2-4-6-12/h2-10H,1H3,(H,19,21). The Morgan fingerprint density at radius 3 is 2.57 bits per heavy atom. The van der Waals surface area contributed by atoms with Gasteiger partial charge in [0.25, 0.3) is 0 Å². The van der Waals surface area contributed by atoms with E-state index in [2.05, 4.69) is 10.3 Å². The molecule has 0 aliphatic heterocycles. The van der Waals surface area contributed by atoms with Crippen molar-refractivity contribution < 1.29 is 9.18 Å². The third-order valence-electron chi connectivity index (χ3n) is 3.13. The van der Waals surface area contributed by atoms with Gasteiger partial charge in [0, 0.05) is 17.9 Å². The Labute approximate surface area is 121 Å². The number of halogens is 1. The van der Waals surface area contributed by atoms with Gasteiger partial charge in [-0.2, -0.15) is 0 Å². The monoisotopic (exact) mass is 280 g/mol. The molecular formula is C17H13FN2O. The first-order valence-corrected chi connectivity index (χ1v) is 6.57. The molecule has 0 unspecified atom stereocenters. The van der Waals surface area contributed by atoms with E-state index >= 15 is 0 Å². The number of aromatic nitrogens is 1. The maximum absolute atomic E-state index is 13.3. The third kappa shape index (κ3) is 2.74. The van der Waals surface area contributed by atoms with Crippen molar-refractivity contribution in [3.63, 3.8) is 0 Å². The maximum atomic E-state index is 13.3. The Morgan fingerprint density at radius 1 is 1.10 bits per heavy atom. The molecule has 0 radical (unpaired) electrons. The predicted octanol–water partition coefficient (Wildman–Crippen LogP) is 4.00. The number of nitrogens with one attached hydrogen (secondary N) is 1. The van der Waals surface area contributed by atoms with Crippen LogP contribution in [0, 0.1) is 5.82 Å². The fourth-order valence-corrected chi connectivity index (χ4v) is 2.25. The van der Waals surface area contributed by atoms with Crippen molar-refractivity contribution in [2.45, 2.75) is 6.92 Å². The van der Waals surface area contributed by atoms with Crippen LogP contribution in [0.5, 0.6) is 0 Å². The quantitative estimate of drug-likeness (QED) is 0.771. The summed E-state index contributed by atoms with van der Waals surface area (Å²) < 4.78 is 13.3. The molecule has 0 saturated carbocycles. The van der Waals surface area contributed by atoms with Gasteiger partial charge in [-0.05, 0) is 24.3 Å². The van der Waals surface area contributed by atoms with Crippen molar-refractivity contribution in [2.75, 3.05) is 5.32 Å². The van der Waals surface area contributed by atoms with E-state index in [1.807, 2.05) is 30.3 Å². The lowest BCUT2D eigenvalue weighted by Crippen LogP contribution is -2.08. The van der Waals surface area contributed by atoms with Crippen LogP contribution in [0.15, 0.2) is 54.6 Å². The Kier molecular flexibility index (Phi) is 3.36. The largest absolute Gasteiger partial charge is 0.324 e. The second-order valence-corrected chi connectivity index (χ2v) is 4.77. The zero-order valence-electron chi connectivity index (χ0n) is 11.4. The van der Waals surface area contributed by atoms with E-state index in [9.17, 15) is 9.18 Å². The van der Waals surface area contributed by atoms with E-state index < -0.39 is 0 Å². The van der Waals surface area contributed by atoms with Gasteiger partial charge in [0.1, 0.15) is 5.82 Å². The zero-order chi connectivity index (χ0) is 14.8. The van der Waals surface area contributed by atoms with Gasteiger partial charge in [-0.15, -0.1) is 0 Å². The predicted molar refractivity (Wildman–Crippen MR) is 81.4 cm³/mol. The van der Waals surface area contributed by atoms with Gasteiger partial charge >= 0.3 is 0 Å². The van der Waals surface area contributed by atoms with Crippen molar-refractivity contribution in [3.8, 4) is 11.3 Å². The second kappa shape index (κ2) is 5.32. The molecule has 4 heteroatoms. The molecule has 0 saturated heterocycles. The lowest BCUT2D eigenvalue weighted by atomic mass is 10.1. The molecule has 0 aliphatic carbocycles. The van der Waals surface area contributed by atoms with Crippen LogP contribution in [0.3, 0.4) is 0 Å². The highest BCUT2D eigenvalue weighted by Crippen LogP contribution is 2.29. The molecule has 0 fully saturated rings. The maximum Gasteiger partial charge on any atom is 0.221 e. The molecule has 2 aromatic carbocycles. The van der Waals surface area contributed by atoms with Crippen LogP contribution in [0.1, 0.15) is 6.92 Å². The summed E-state index contributed by atoms with van der Waals surface area (Å²) in [6.07, 6.45) is 0. The Bertz CT molecular complexity index is 816. The molecule has 0 atom stereocenters. The third-order valence-corrected chi connectivity index (χ3v) is 3.13. The fraction of sp³-hybridized carbons (Fsp3) is 0.0588. The van der Waals surface area contributed by atoms with Gasteiger partial charge in [-0.3, -0.25) is 4.79 Å². The van der Waals surface area contributed by atoms with Gasteiger partial charge in [0.05, 0.1) is 16.9 Å². The molecule has 0 bridgehead atoms. The number of hydrogen-bond donors (Lipinski definition) is 1. The molecule has 3 rings (SSSR count). The van der Waals surface area contributed by atoms with Crippen LogP contribution in [-0.4, -0.2) is 10.9 Å². The molecule has 1 heterocycles. The van der Waals surface area contributed by atoms with E-state index in [0.29, 0.717) is 22.3 Å². The van der Waals surface area contributed by atoms with Gasteiger partial charge in [-0.25, -0.2) is 9.37 Å². The topological polar surface area (TPSA) is 42.0 Å². The fourth-order valence-electron chi connectivity index (χ4n) is 2.25. The summed E-state index contributed by atoms with van der Waals surface area (Å²) in [5, 5.41) is 3.41. The van der Waals surface area contributed by atoms with E-state index in [0.717, 1.165) is 5.56 Å². The molecule has 104 valence electrons. The average molecular weight is 280 g/mol. The number of anilines is 1. The summed E-state index contributed by atoms with van der Waals surface area (Å²) in [6, 6.07) is 15.7. The van der Waals surface area contributed by atoms with Crippen molar-refractivity contribution in [3.05, 3.63) is 60.4 Å². The van der Waals surface area contributed by atoms with Crippen LogP contribution in [-0.2, 0) is 4.79 Å². The van der Waals surface area contributed by atoms with Crippen LogP contribution in [0.25, 0.3) is 22.2 Å². The Hall–Kier alpha value is -2.75. The number of pyridine rings is 1. The van der Waals surface area contributed by atoms with Crippen molar-refractivity contribution >= 4 is 22.5 Å². The lowest BCUT2D eigenvalue weighted by molar-refractivity contribution is -0.114. The van der Waals surface area contributed by atoms with E-state index in [-0.39, 0.29) is 11.7 Å². The molecule has 1 N–H and O–H groups in total. The first kappa shape index (κ1) is 13.2. The summed E-state index contributed by atoms with van der Waals surface area (Å²) in [4.78, 5) is 15.9. The van der Waals surface area contributed by atoms with Crippen LogP contribution in [0.2, 0.25) is 0 Å². The van der Waals surface area contributed by atoms with Gasteiger partial charge in [0.2, 0.25) is 5.91 Å². The number of carbonyl (C=O) groups is 1. The van der Waals surface area contributed by atoms with Crippen LogP contribution in [0.4, 0.5) is 10.1 Å². The first-order valence-electron chi connectivity index (χ1n) is 6.57. The Balaban J connectivity index is 2.25. The molecule has 3 aromatic rings. The lowest BCUT2D eigenvalue weighted by Gasteiger charge is -2.11. The van der Waals surface area contributed by atoms with Crippen molar-refractivity contribution in [1.82, 2.24) is 4.98 Å². The normalized spacial score (nSPS) is 10.6. The number of benzene rings is 2. The molecule has 1 aromatic heterocycles. The zero-order valence-corrected chi connectivity index (χ0v) is 11.4. The second-order valence-electron chi connectivity index (χ2n) is 4.77. The highest BCUT2D eigenvalue weighted by molar-refractivity contribution is 5.97. The minimum atomic E-state index is -0.328. The number of rotatable bonds is 2. The molecule has 0 aliphatic rings. The molecule has 3 nitrogen and oxygen atoms in total. The minimum Gasteiger partial charge on any atom is -0.324 e. The van der Waals surface area contributed by atoms with Gasteiger partial charge in [-0.1, -0.05) is 30.3 Å². The molecule has 1 amide bonds. The summed E-state index contributed by atoms with van der Waals surface area (Å²) in [7, 11) is 0. The molecule has 0 spiro atoms. The van der Waals surface area contributed by atoms with Crippen LogP contribution < -0.4 is 5.32 Å². The SMILES string of the molecule is CC(=O)Nc1cc2cc(F)ccc2nc1-c1ccccc1. The smallest absolute Gasteiger partial charge is 0.221 e. The minimum absolute atomic E-state index is 0.190. The highest BCUT2D eigenvalue weighted by Gasteiger charge is 2.10. The number of nitrogens with zero attached hydrogens (tertiary/aromatic N) is 1. The summed E-state index contributed by atoms with van der Waals surface area (Å²) in [5.41, 5.74) is 2.83. The highest BCUT2D eigenvalue weighted by atomic mass is 19.1. The Morgan fingerprint density at radius 2 is 1.86 bits per heavy atom. The van der Waals surface area contributed by atoms with Crippen LogP contribution >= 0.6 is 0 Å². The number of carbonyl (C=O) groups excluding carboxylic acids is 1.